The van der Waals surface area contributed by atoms with E-state index in [1.165, 1.54) is 5.56 Å². The molecule has 2 rings (SSSR count). The predicted octanol–water partition coefficient (Wildman–Crippen LogP) is 2.84. The zero-order valence-corrected chi connectivity index (χ0v) is 11.5. The lowest BCUT2D eigenvalue weighted by molar-refractivity contribution is 0.318. The second-order valence-electron chi connectivity index (χ2n) is 4.40. The molecular weight excluding hydrogens is 254 g/mol. The van der Waals surface area contributed by atoms with Crippen LogP contribution in [0.3, 0.4) is 0 Å². The van der Waals surface area contributed by atoms with Gasteiger partial charge in [0.1, 0.15) is 5.75 Å². The van der Waals surface area contributed by atoms with Gasteiger partial charge in [-0.15, -0.1) is 0 Å². The van der Waals surface area contributed by atoms with Gasteiger partial charge in [0.2, 0.25) is 5.88 Å². The average molecular weight is 271 g/mol. The van der Waals surface area contributed by atoms with Gasteiger partial charge in [0.25, 0.3) is 0 Å². The molecule has 1 aromatic heterocycles. The number of hydrogen-bond donors (Lipinski definition) is 2. The highest BCUT2D eigenvalue weighted by Gasteiger charge is 2.14. The van der Waals surface area contributed by atoms with Crippen molar-refractivity contribution in [2.45, 2.75) is 20.3 Å². The van der Waals surface area contributed by atoms with Crippen LogP contribution in [0.4, 0.5) is 0 Å². The number of amidine groups is 1. The van der Waals surface area contributed by atoms with Crippen molar-refractivity contribution in [2.24, 2.45) is 10.9 Å². The second-order valence-corrected chi connectivity index (χ2v) is 4.40. The summed E-state index contributed by atoms with van der Waals surface area (Å²) in [5.41, 5.74) is 8.18. The van der Waals surface area contributed by atoms with Crippen LogP contribution in [0.15, 0.2) is 41.7 Å². The van der Waals surface area contributed by atoms with Gasteiger partial charge in [-0.2, -0.15) is 0 Å². The Morgan fingerprint density at radius 2 is 2.20 bits per heavy atom. The summed E-state index contributed by atoms with van der Waals surface area (Å²) in [5, 5.41) is 11.9. The van der Waals surface area contributed by atoms with Gasteiger partial charge < -0.3 is 15.7 Å². The molecular formula is C15H17N3O2. The molecule has 20 heavy (non-hydrogen) atoms. The number of hydrogen-bond acceptors (Lipinski definition) is 4. The fraction of sp³-hybridized carbons (Fsp3) is 0.200. The Bertz CT molecular complexity index is 639. The van der Waals surface area contributed by atoms with Gasteiger partial charge in [-0.1, -0.05) is 24.2 Å². The summed E-state index contributed by atoms with van der Waals surface area (Å²) in [6.45, 7) is 3.93. The monoisotopic (exact) mass is 271 g/mol. The smallest absolute Gasteiger partial charge is 0.230 e. The van der Waals surface area contributed by atoms with E-state index in [-0.39, 0.29) is 5.84 Å². The normalized spacial score (nSPS) is 11.4. The van der Waals surface area contributed by atoms with Crippen LogP contribution >= 0.6 is 0 Å². The number of aromatic nitrogens is 1. The highest BCUT2D eigenvalue weighted by atomic mass is 16.5. The first-order chi connectivity index (χ1) is 9.65. The Morgan fingerprint density at radius 1 is 1.40 bits per heavy atom. The highest BCUT2D eigenvalue weighted by molar-refractivity contribution is 6.00. The molecule has 104 valence electrons. The Labute approximate surface area is 117 Å². The molecule has 0 unspecified atom stereocenters. The summed E-state index contributed by atoms with van der Waals surface area (Å²) < 4.78 is 5.77. The lowest BCUT2D eigenvalue weighted by Crippen LogP contribution is -2.16. The number of benzene rings is 1. The van der Waals surface area contributed by atoms with Crippen LogP contribution in [0.1, 0.15) is 23.6 Å². The van der Waals surface area contributed by atoms with E-state index in [2.05, 4.69) is 17.1 Å². The van der Waals surface area contributed by atoms with Crippen LogP contribution in [-0.4, -0.2) is 16.0 Å². The molecule has 0 amide bonds. The van der Waals surface area contributed by atoms with E-state index in [4.69, 9.17) is 15.7 Å². The topological polar surface area (TPSA) is 80.7 Å². The van der Waals surface area contributed by atoms with Gasteiger partial charge in [-0.05, 0) is 42.7 Å². The van der Waals surface area contributed by atoms with Crippen LogP contribution in [0.5, 0.6) is 11.6 Å². The molecule has 2 aromatic rings. The van der Waals surface area contributed by atoms with Crippen LogP contribution in [0.25, 0.3) is 0 Å². The molecule has 0 atom stereocenters. The lowest BCUT2D eigenvalue weighted by atomic mass is 10.1. The number of pyridine rings is 1. The highest BCUT2D eigenvalue weighted by Crippen LogP contribution is 2.25. The third-order valence-corrected chi connectivity index (χ3v) is 3.01. The van der Waals surface area contributed by atoms with Crippen molar-refractivity contribution in [1.82, 2.24) is 4.98 Å². The zero-order valence-electron chi connectivity index (χ0n) is 11.5. The van der Waals surface area contributed by atoms with E-state index in [0.717, 1.165) is 12.0 Å². The molecule has 0 aliphatic rings. The van der Waals surface area contributed by atoms with Crippen molar-refractivity contribution in [3.8, 4) is 11.6 Å². The van der Waals surface area contributed by atoms with Crippen LogP contribution in [-0.2, 0) is 6.42 Å². The summed E-state index contributed by atoms with van der Waals surface area (Å²) in [7, 11) is 0. The first-order valence-corrected chi connectivity index (χ1v) is 6.36. The van der Waals surface area contributed by atoms with Gasteiger partial charge in [-0.25, -0.2) is 4.98 Å². The first-order valence-electron chi connectivity index (χ1n) is 6.36. The summed E-state index contributed by atoms with van der Waals surface area (Å²) >= 11 is 0. The Balaban J connectivity index is 2.40. The maximum absolute atomic E-state index is 8.86. The predicted molar refractivity (Wildman–Crippen MR) is 77.4 cm³/mol. The largest absolute Gasteiger partial charge is 0.438 e. The number of nitrogens with two attached hydrogens (primary N) is 1. The fourth-order valence-electron chi connectivity index (χ4n) is 1.91. The molecule has 0 saturated carbocycles. The SMILES string of the molecule is CCc1cccc(Oc2nccc(C)c2/C(N)=N/O)c1. The Morgan fingerprint density at radius 3 is 2.90 bits per heavy atom. The van der Waals surface area contributed by atoms with E-state index >= 15 is 0 Å². The minimum atomic E-state index is -0.0164. The van der Waals surface area contributed by atoms with Gasteiger partial charge in [-0.3, -0.25) is 0 Å². The first kappa shape index (κ1) is 13.9. The second kappa shape index (κ2) is 6.06. The molecule has 0 aliphatic heterocycles. The minimum Gasteiger partial charge on any atom is -0.438 e. The molecule has 0 radical (unpaired) electrons. The third-order valence-electron chi connectivity index (χ3n) is 3.01. The van der Waals surface area contributed by atoms with E-state index < -0.39 is 0 Å². The van der Waals surface area contributed by atoms with Crippen molar-refractivity contribution in [3.05, 3.63) is 53.2 Å². The van der Waals surface area contributed by atoms with Crippen LogP contribution < -0.4 is 10.5 Å². The number of rotatable bonds is 4. The summed E-state index contributed by atoms with van der Waals surface area (Å²) in [4.78, 5) is 4.17. The molecule has 0 fully saturated rings. The standard InChI is InChI=1S/C15H17N3O2/c1-3-11-5-4-6-12(9-11)20-15-13(14(16)18-19)10(2)7-8-17-15/h4-9,19H,3H2,1-2H3,(H2,16,18). The van der Waals surface area contributed by atoms with Gasteiger partial charge in [0.05, 0.1) is 5.56 Å². The zero-order chi connectivity index (χ0) is 14.5. The van der Waals surface area contributed by atoms with Gasteiger partial charge in [0.15, 0.2) is 5.84 Å². The summed E-state index contributed by atoms with van der Waals surface area (Å²) in [6, 6.07) is 9.52. The number of nitrogens with zero attached hydrogens (tertiary/aromatic N) is 2. The molecule has 5 nitrogen and oxygen atoms in total. The van der Waals surface area contributed by atoms with Crippen LogP contribution in [0, 0.1) is 6.92 Å². The third kappa shape index (κ3) is 2.88. The van der Waals surface area contributed by atoms with Crippen molar-refractivity contribution in [3.63, 3.8) is 0 Å². The van der Waals surface area contributed by atoms with Crippen LogP contribution in [0.2, 0.25) is 0 Å². The average Bonchev–Trinajstić information content (AvgIpc) is 2.47. The van der Waals surface area contributed by atoms with Crippen molar-refractivity contribution >= 4 is 5.84 Å². The van der Waals surface area contributed by atoms with Crippen molar-refractivity contribution < 1.29 is 9.94 Å². The van der Waals surface area contributed by atoms with Gasteiger partial charge in [0, 0.05) is 6.20 Å². The molecule has 0 spiro atoms. The molecule has 5 heteroatoms. The van der Waals surface area contributed by atoms with Crippen molar-refractivity contribution in [2.75, 3.05) is 0 Å². The number of aryl methyl sites for hydroxylation is 2. The maximum atomic E-state index is 8.86. The quantitative estimate of drug-likeness (QED) is 0.388. The van der Waals surface area contributed by atoms with Gasteiger partial charge >= 0.3 is 0 Å². The minimum absolute atomic E-state index is 0.0164. The van der Waals surface area contributed by atoms with E-state index in [0.29, 0.717) is 17.2 Å². The Hall–Kier alpha value is -2.56. The number of oxime groups is 1. The maximum Gasteiger partial charge on any atom is 0.230 e. The number of ether oxygens (including phenoxy) is 1. The lowest BCUT2D eigenvalue weighted by Gasteiger charge is -2.11. The molecule has 0 bridgehead atoms. The molecule has 3 N–H and O–H groups in total. The van der Waals surface area contributed by atoms with E-state index in [1.54, 1.807) is 12.3 Å². The summed E-state index contributed by atoms with van der Waals surface area (Å²) in [6.07, 6.45) is 2.55. The fourth-order valence-corrected chi connectivity index (χ4v) is 1.91. The molecule has 1 aromatic carbocycles. The molecule has 0 saturated heterocycles. The van der Waals surface area contributed by atoms with E-state index in [1.807, 2.05) is 31.2 Å². The molecule has 0 aliphatic carbocycles. The Kier molecular flexibility index (Phi) is 4.20. The summed E-state index contributed by atoms with van der Waals surface area (Å²) in [5.74, 6) is 0.986. The van der Waals surface area contributed by atoms with E-state index in [9.17, 15) is 0 Å². The molecule has 1 heterocycles. The van der Waals surface area contributed by atoms with Crippen molar-refractivity contribution in [1.29, 1.82) is 0 Å².